The van der Waals surface area contributed by atoms with Crippen LogP contribution in [0, 0.1) is 5.92 Å². The molecule has 0 fully saturated rings. The second-order valence-corrected chi connectivity index (χ2v) is 5.13. The van der Waals surface area contributed by atoms with Crippen LogP contribution in [0.1, 0.15) is 20.3 Å². The normalized spacial score (nSPS) is 17.0. The van der Waals surface area contributed by atoms with Gasteiger partial charge in [-0.25, -0.2) is 4.39 Å². The van der Waals surface area contributed by atoms with E-state index in [1.807, 2.05) is 50.3 Å². The van der Waals surface area contributed by atoms with Gasteiger partial charge < -0.3 is 0 Å². The van der Waals surface area contributed by atoms with Crippen molar-refractivity contribution in [3.8, 4) is 0 Å². The van der Waals surface area contributed by atoms with Crippen LogP contribution in [0.25, 0.3) is 0 Å². The fourth-order valence-corrected chi connectivity index (χ4v) is 1.83. The predicted octanol–water partition coefficient (Wildman–Crippen LogP) is 6.16. The van der Waals surface area contributed by atoms with Gasteiger partial charge in [0.25, 0.3) is 0 Å². The van der Waals surface area contributed by atoms with Crippen molar-refractivity contribution in [1.82, 2.24) is 0 Å². The molecule has 0 aromatic heterocycles. The van der Waals surface area contributed by atoms with Gasteiger partial charge in [0.15, 0.2) is 0 Å². The third-order valence-electron chi connectivity index (χ3n) is 3.49. The van der Waals surface area contributed by atoms with Crippen LogP contribution in [-0.2, 0) is 0 Å². The maximum Gasteiger partial charge on any atom is 0.130 e. The summed E-state index contributed by atoms with van der Waals surface area (Å²) in [6, 6.07) is 0. The van der Waals surface area contributed by atoms with E-state index in [1.165, 1.54) is 6.08 Å². The zero-order chi connectivity index (χ0) is 15.8. The Morgan fingerprint density at radius 3 is 2.62 bits per heavy atom. The molecule has 0 aliphatic heterocycles. The van der Waals surface area contributed by atoms with Crippen LogP contribution in [0.3, 0.4) is 0 Å². The van der Waals surface area contributed by atoms with Gasteiger partial charge >= 0.3 is 0 Å². The summed E-state index contributed by atoms with van der Waals surface area (Å²) >= 11 is 0. The highest BCUT2D eigenvalue weighted by Gasteiger charge is 2.08. The molecule has 0 aromatic carbocycles. The SMILES string of the molecule is C=C/C(F)=C(\C=C/C(=C)C(C)C(=C)C)C1=CC=CCC=C1. The Labute approximate surface area is 127 Å². The lowest BCUT2D eigenvalue weighted by Crippen LogP contribution is -1.97. The molecule has 1 rings (SSSR count). The third kappa shape index (κ3) is 5.03. The van der Waals surface area contributed by atoms with Crippen molar-refractivity contribution in [3.63, 3.8) is 0 Å². The van der Waals surface area contributed by atoms with Crippen LogP contribution in [0.4, 0.5) is 4.39 Å². The topological polar surface area (TPSA) is 0 Å². The molecule has 1 atom stereocenters. The van der Waals surface area contributed by atoms with Crippen LogP contribution >= 0.6 is 0 Å². The van der Waals surface area contributed by atoms with Crippen molar-refractivity contribution in [2.45, 2.75) is 20.3 Å². The molecule has 0 spiro atoms. The van der Waals surface area contributed by atoms with Gasteiger partial charge in [0, 0.05) is 11.5 Å². The minimum absolute atomic E-state index is 0.174. The minimum atomic E-state index is -0.340. The highest BCUT2D eigenvalue weighted by Crippen LogP contribution is 2.24. The number of rotatable bonds is 6. The third-order valence-corrected chi connectivity index (χ3v) is 3.49. The van der Waals surface area contributed by atoms with Crippen LogP contribution < -0.4 is 0 Å². The first-order valence-electron chi connectivity index (χ1n) is 7.05. The molecule has 0 saturated heterocycles. The lowest BCUT2D eigenvalue weighted by atomic mass is 9.94. The maximum absolute atomic E-state index is 14.1. The van der Waals surface area contributed by atoms with Crippen LogP contribution in [0.2, 0.25) is 0 Å². The molecule has 0 bridgehead atoms. The molecule has 1 unspecified atom stereocenters. The Hall–Kier alpha value is -2.15. The quantitative estimate of drug-likeness (QED) is 0.404. The van der Waals surface area contributed by atoms with E-state index in [4.69, 9.17) is 0 Å². The van der Waals surface area contributed by atoms with Gasteiger partial charge in [-0.15, -0.1) is 0 Å². The van der Waals surface area contributed by atoms with Gasteiger partial charge in [-0.1, -0.05) is 74.8 Å². The van der Waals surface area contributed by atoms with Gasteiger partial charge in [0.1, 0.15) is 5.83 Å². The first kappa shape index (κ1) is 16.9. The molecule has 0 aromatic rings. The zero-order valence-corrected chi connectivity index (χ0v) is 12.9. The van der Waals surface area contributed by atoms with Crippen molar-refractivity contribution < 1.29 is 4.39 Å². The van der Waals surface area contributed by atoms with Gasteiger partial charge in [0.05, 0.1) is 0 Å². The molecule has 0 saturated carbocycles. The maximum atomic E-state index is 14.1. The van der Waals surface area contributed by atoms with E-state index < -0.39 is 0 Å². The second kappa shape index (κ2) is 8.21. The first-order chi connectivity index (χ1) is 9.97. The van der Waals surface area contributed by atoms with Gasteiger partial charge in [-0.3, -0.25) is 0 Å². The molecule has 1 aliphatic rings. The van der Waals surface area contributed by atoms with Crippen molar-refractivity contribution in [1.29, 1.82) is 0 Å². The van der Waals surface area contributed by atoms with E-state index in [1.54, 1.807) is 6.08 Å². The molecular weight excluding hydrogens is 259 g/mol. The number of hydrogen-bond donors (Lipinski definition) is 0. The van der Waals surface area contributed by atoms with Crippen molar-refractivity contribution >= 4 is 0 Å². The Morgan fingerprint density at radius 2 is 2.00 bits per heavy atom. The molecule has 110 valence electrons. The number of hydrogen-bond acceptors (Lipinski definition) is 0. The van der Waals surface area contributed by atoms with E-state index in [0.29, 0.717) is 5.57 Å². The van der Waals surface area contributed by atoms with Crippen LogP contribution in [0.15, 0.2) is 96.5 Å². The minimum Gasteiger partial charge on any atom is -0.206 e. The summed E-state index contributed by atoms with van der Waals surface area (Å²) in [6.45, 7) is 15.5. The molecular formula is C20H23F. The molecule has 0 radical (unpaired) electrons. The second-order valence-electron chi connectivity index (χ2n) is 5.13. The summed E-state index contributed by atoms with van der Waals surface area (Å²) in [5, 5.41) is 0. The van der Waals surface area contributed by atoms with Gasteiger partial charge in [0.2, 0.25) is 0 Å². The summed E-state index contributed by atoms with van der Waals surface area (Å²) in [5.74, 6) is -0.166. The predicted molar refractivity (Wildman–Crippen MR) is 91.6 cm³/mol. The summed E-state index contributed by atoms with van der Waals surface area (Å²) in [6.07, 6.45) is 15.5. The molecule has 0 amide bonds. The molecule has 0 nitrogen and oxygen atoms in total. The smallest absolute Gasteiger partial charge is 0.130 e. The highest BCUT2D eigenvalue weighted by molar-refractivity contribution is 5.53. The molecule has 0 N–H and O–H groups in total. The highest BCUT2D eigenvalue weighted by atomic mass is 19.1. The lowest BCUT2D eigenvalue weighted by Gasteiger charge is -2.11. The fourth-order valence-electron chi connectivity index (χ4n) is 1.83. The largest absolute Gasteiger partial charge is 0.206 e. The average Bonchev–Trinajstić information content (AvgIpc) is 2.75. The van der Waals surface area contributed by atoms with Crippen LogP contribution in [-0.4, -0.2) is 0 Å². The number of allylic oxidation sites excluding steroid dienone is 13. The van der Waals surface area contributed by atoms with Gasteiger partial charge in [-0.05, 0) is 30.6 Å². The van der Waals surface area contributed by atoms with Crippen molar-refractivity contribution in [3.05, 3.63) is 96.5 Å². The Bertz CT molecular complexity index is 577. The summed E-state index contributed by atoms with van der Waals surface area (Å²) < 4.78 is 14.1. The Morgan fingerprint density at radius 1 is 1.29 bits per heavy atom. The van der Waals surface area contributed by atoms with Gasteiger partial charge in [-0.2, -0.15) is 0 Å². The van der Waals surface area contributed by atoms with Crippen molar-refractivity contribution in [2.24, 2.45) is 5.92 Å². The van der Waals surface area contributed by atoms with E-state index >= 15 is 0 Å². The summed E-state index contributed by atoms with van der Waals surface area (Å²) in [7, 11) is 0. The molecule has 0 heterocycles. The molecule has 1 heteroatoms. The fraction of sp³-hybridized carbons (Fsp3) is 0.200. The first-order valence-corrected chi connectivity index (χ1v) is 7.05. The summed E-state index contributed by atoms with van der Waals surface area (Å²) in [5.41, 5.74) is 3.29. The van der Waals surface area contributed by atoms with E-state index in [2.05, 4.69) is 19.7 Å². The Balaban J connectivity index is 3.10. The number of halogens is 1. The lowest BCUT2D eigenvalue weighted by molar-refractivity contribution is 0.661. The van der Waals surface area contributed by atoms with E-state index in [-0.39, 0.29) is 11.7 Å². The summed E-state index contributed by atoms with van der Waals surface area (Å²) in [4.78, 5) is 0. The standard InChI is InChI=1S/C20H23F/c1-6-20(21)19(18-11-9-7-8-10-12-18)14-13-16(4)17(5)15(2)3/h6-7,9-14,17H,1-2,4,8H2,3,5H3/b14-13-,20-19-. The molecule has 1 aliphatic carbocycles. The van der Waals surface area contributed by atoms with E-state index in [9.17, 15) is 4.39 Å². The average molecular weight is 282 g/mol. The van der Waals surface area contributed by atoms with E-state index in [0.717, 1.165) is 23.1 Å². The Kier molecular flexibility index (Phi) is 6.61. The zero-order valence-electron chi connectivity index (χ0n) is 12.9. The monoisotopic (exact) mass is 282 g/mol. The molecule has 21 heavy (non-hydrogen) atoms. The van der Waals surface area contributed by atoms with Crippen molar-refractivity contribution in [2.75, 3.05) is 0 Å². The van der Waals surface area contributed by atoms with Crippen LogP contribution in [0.5, 0.6) is 0 Å².